The molecule has 0 unspecified atom stereocenters. The van der Waals surface area contributed by atoms with Gasteiger partial charge in [-0.1, -0.05) is 0 Å². The molecular weight excluding hydrogens is 254 g/mol. The summed E-state index contributed by atoms with van der Waals surface area (Å²) in [6.45, 7) is 9.90. The van der Waals surface area contributed by atoms with Crippen LogP contribution in [0.1, 0.15) is 12.7 Å². The van der Waals surface area contributed by atoms with Crippen molar-refractivity contribution in [2.45, 2.75) is 20.4 Å². The van der Waals surface area contributed by atoms with E-state index in [0.29, 0.717) is 29.4 Å². The van der Waals surface area contributed by atoms with Crippen LogP contribution in [0.2, 0.25) is 0 Å². The molecule has 0 atom stereocenters. The average Bonchev–Trinajstić information content (AvgIpc) is 2.86. The Morgan fingerprint density at radius 1 is 1.20 bits per heavy atom. The van der Waals surface area contributed by atoms with E-state index in [1.165, 1.54) is 6.33 Å². The zero-order valence-corrected chi connectivity index (χ0v) is 11.1. The molecule has 0 saturated carbocycles. The first-order chi connectivity index (χ1) is 9.74. The molecule has 0 spiro atoms. The number of aryl methyl sites for hydroxylation is 2. The number of imidazole rings is 1. The van der Waals surface area contributed by atoms with Crippen molar-refractivity contribution < 1.29 is 0 Å². The SMILES string of the molecule is C#[N+]c1ncnc2c1nc(-c1cnc(C)nc1)n2CC. The van der Waals surface area contributed by atoms with E-state index in [1.807, 2.05) is 18.4 Å². The highest BCUT2D eigenvalue weighted by Gasteiger charge is 2.21. The van der Waals surface area contributed by atoms with E-state index in [0.717, 1.165) is 11.4 Å². The maximum absolute atomic E-state index is 5.34. The van der Waals surface area contributed by atoms with Gasteiger partial charge in [-0.05, 0) is 18.8 Å². The van der Waals surface area contributed by atoms with Crippen molar-refractivity contribution in [1.82, 2.24) is 29.5 Å². The molecule has 3 aromatic heterocycles. The van der Waals surface area contributed by atoms with Gasteiger partial charge < -0.3 is 4.57 Å². The lowest BCUT2D eigenvalue weighted by atomic mass is 10.3. The maximum Gasteiger partial charge on any atom is 0.456 e. The molecule has 0 aromatic carbocycles. The van der Waals surface area contributed by atoms with E-state index in [2.05, 4.69) is 29.8 Å². The molecule has 3 aromatic rings. The number of hydrogen-bond acceptors (Lipinski definition) is 5. The van der Waals surface area contributed by atoms with Crippen LogP contribution in [0.3, 0.4) is 0 Å². The van der Waals surface area contributed by atoms with Gasteiger partial charge in [0, 0.05) is 18.9 Å². The summed E-state index contributed by atoms with van der Waals surface area (Å²) in [6.07, 6.45) is 4.90. The summed E-state index contributed by atoms with van der Waals surface area (Å²) in [5.41, 5.74) is 2.09. The van der Waals surface area contributed by atoms with Crippen LogP contribution in [0.4, 0.5) is 5.82 Å². The summed E-state index contributed by atoms with van der Waals surface area (Å²) >= 11 is 0. The molecule has 20 heavy (non-hydrogen) atoms. The van der Waals surface area contributed by atoms with Crippen molar-refractivity contribution in [1.29, 1.82) is 0 Å². The van der Waals surface area contributed by atoms with Gasteiger partial charge in [-0.3, -0.25) is 0 Å². The van der Waals surface area contributed by atoms with Crippen LogP contribution < -0.4 is 0 Å². The molecule has 0 N–H and O–H groups in total. The highest BCUT2D eigenvalue weighted by atomic mass is 15.2. The number of nitrogens with zero attached hydrogens (tertiary/aromatic N) is 7. The predicted molar refractivity (Wildman–Crippen MR) is 74.7 cm³/mol. The fraction of sp³-hybridized carbons (Fsp3) is 0.231. The molecule has 0 amide bonds. The molecule has 3 heterocycles. The molecule has 7 nitrogen and oxygen atoms in total. The van der Waals surface area contributed by atoms with Gasteiger partial charge in [0.2, 0.25) is 11.8 Å². The second-order valence-electron chi connectivity index (χ2n) is 4.20. The molecule has 0 fully saturated rings. The van der Waals surface area contributed by atoms with Crippen molar-refractivity contribution >= 4 is 17.0 Å². The third kappa shape index (κ3) is 1.78. The van der Waals surface area contributed by atoms with Crippen LogP contribution in [-0.4, -0.2) is 29.5 Å². The Morgan fingerprint density at radius 2 is 1.95 bits per heavy atom. The second-order valence-corrected chi connectivity index (χ2v) is 4.20. The zero-order valence-electron chi connectivity index (χ0n) is 11.1. The van der Waals surface area contributed by atoms with Gasteiger partial charge in [-0.15, -0.1) is 0 Å². The van der Waals surface area contributed by atoms with Crippen LogP contribution in [0.5, 0.6) is 0 Å². The van der Waals surface area contributed by atoms with Crippen molar-refractivity contribution in [2.75, 3.05) is 0 Å². The van der Waals surface area contributed by atoms with Crippen LogP contribution in [0.25, 0.3) is 27.4 Å². The third-order valence-electron chi connectivity index (χ3n) is 2.99. The summed E-state index contributed by atoms with van der Waals surface area (Å²) in [5.74, 6) is 1.81. The van der Waals surface area contributed by atoms with Crippen molar-refractivity contribution in [3.63, 3.8) is 0 Å². The molecule has 0 radical (unpaired) electrons. The fourth-order valence-electron chi connectivity index (χ4n) is 2.05. The number of fused-ring (bicyclic) bond motifs is 1. The normalized spacial score (nSPS) is 10.7. The molecule has 98 valence electrons. The van der Waals surface area contributed by atoms with E-state index < -0.39 is 0 Å². The van der Waals surface area contributed by atoms with Crippen LogP contribution >= 0.6 is 0 Å². The van der Waals surface area contributed by atoms with E-state index >= 15 is 0 Å². The maximum atomic E-state index is 5.34. The van der Waals surface area contributed by atoms with E-state index in [1.54, 1.807) is 12.4 Å². The summed E-state index contributed by atoms with van der Waals surface area (Å²) in [6, 6.07) is 0. The number of rotatable bonds is 2. The molecule has 0 aliphatic rings. The van der Waals surface area contributed by atoms with Gasteiger partial charge in [0.25, 0.3) is 0 Å². The van der Waals surface area contributed by atoms with Crippen LogP contribution in [0.15, 0.2) is 18.7 Å². The lowest BCUT2D eigenvalue weighted by Gasteiger charge is -2.04. The molecular formula is C13H12N7+. The molecule has 0 aliphatic heterocycles. The first-order valence-corrected chi connectivity index (χ1v) is 6.15. The standard InChI is InChI=1S/C13H12N7/c1-4-20-12(9-5-15-8(2)16-6-9)19-10-11(14-3)17-7-18-13(10)20/h3,5-7H,4H2,1-2H3/q+1. The fourth-order valence-corrected chi connectivity index (χ4v) is 2.05. The first kappa shape index (κ1) is 12.2. The largest absolute Gasteiger partial charge is 0.456 e. The van der Waals surface area contributed by atoms with Crippen LogP contribution in [-0.2, 0) is 6.54 Å². The minimum absolute atomic E-state index is 0.372. The number of hydrogen-bond donors (Lipinski definition) is 0. The lowest BCUT2D eigenvalue weighted by Crippen LogP contribution is -2.00. The third-order valence-corrected chi connectivity index (χ3v) is 2.99. The summed E-state index contributed by atoms with van der Waals surface area (Å²) in [7, 11) is 0. The lowest BCUT2D eigenvalue weighted by molar-refractivity contribution is 0.785. The molecule has 0 saturated heterocycles. The molecule has 3 rings (SSSR count). The monoisotopic (exact) mass is 266 g/mol. The van der Waals surface area contributed by atoms with Gasteiger partial charge in [-0.25, -0.2) is 15.0 Å². The van der Waals surface area contributed by atoms with E-state index in [9.17, 15) is 0 Å². The van der Waals surface area contributed by atoms with Crippen molar-refractivity contribution in [3.8, 4) is 18.0 Å². The molecule has 7 heteroatoms. The van der Waals surface area contributed by atoms with Gasteiger partial charge in [0.1, 0.15) is 18.2 Å². The topological polar surface area (TPSA) is 73.7 Å². The van der Waals surface area contributed by atoms with Crippen molar-refractivity contribution in [2.24, 2.45) is 0 Å². The van der Waals surface area contributed by atoms with Crippen LogP contribution in [0, 0.1) is 13.5 Å². The minimum Gasteiger partial charge on any atom is -0.308 e. The van der Waals surface area contributed by atoms with Gasteiger partial charge in [0.05, 0.1) is 5.56 Å². The Hall–Kier alpha value is -2.88. The predicted octanol–water partition coefficient (Wildman–Crippen LogP) is 2.21. The molecule has 0 bridgehead atoms. The Balaban J connectivity index is 2.31. The zero-order chi connectivity index (χ0) is 14.1. The van der Waals surface area contributed by atoms with Gasteiger partial charge in [-0.2, -0.15) is 9.83 Å². The van der Waals surface area contributed by atoms with Gasteiger partial charge in [0.15, 0.2) is 5.65 Å². The summed E-state index contributed by atoms with van der Waals surface area (Å²) < 4.78 is 1.96. The Bertz CT molecular complexity index is 811. The van der Waals surface area contributed by atoms with Crippen molar-refractivity contribution in [3.05, 3.63) is 29.4 Å². The number of aromatic nitrogens is 6. The van der Waals surface area contributed by atoms with E-state index in [-0.39, 0.29) is 0 Å². The summed E-state index contributed by atoms with van der Waals surface area (Å²) in [4.78, 5) is 24.8. The quantitative estimate of drug-likeness (QED) is 0.711. The second kappa shape index (κ2) is 4.66. The summed E-state index contributed by atoms with van der Waals surface area (Å²) in [5, 5.41) is 0. The highest BCUT2D eigenvalue weighted by Crippen LogP contribution is 2.27. The minimum atomic E-state index is 0.372. The Labute approximate surface area is 115 Å². The van der Waals surface area contributed by atoms with Gasteiger partial charge >= 0.3 is 5.82 Å². The Morgan fingerprint density at radius 3 is 2.60 bits per heavy atom. The Kier molecular flexibility index (Phi) is 2.84. The highest BCUT2D eigenvalue weighted by molar-refractivity contribution is 5.86. The first-order valence-electron chi connectivity index (χ1n) is 6.15. The van der Waals surface area contributed by atoms with E-state index in [4.69, 9.17) is 6.57 Å². The smallest absolute Gasteiger partial charge is 0.308 e. The molecule has 0 aliphatic carbocycles. The average molecular weight is 266 g/mol.